The molecule has 2 unspecified atom stereocenters. The molecule has 2 aliphatic heterocycles. The average Bonchev–Trinajstić information content (AvgIpc) is 2.54. The number of nitrogens with one attached hydrogen (secondary N) is 1. The third-order valence-electron chi connectivity index (χ3n) is 4.42. The molecule has 2 atom stereocenters. The van der Waals surface area contributed by atoms with E-state index < -0.39 is 11.9 Å². The minimum absolute atomic E-state index is 0.172. The highest BCUT2D eigenvalue weighted by Crippen LogP contribution is 2.21. The molecule has 2 fully saturated rings. The molecule has 132 valence electrons. The zero-order valence-electron chi connectivity index (χ0n) is 13.8. The molecule has 2 aliphatic rings. The number of carboxylic acids is 1. The van der Waals surface area contributed by atoms with Crippen LogP contribution < -0.4 is 5.32 Å². The summed E-state index contributed by atoms with van der Waals surface area (Å²) in [5.41, 5.74) is 0. The lowest BCUT2D eigenvalue weighted by Gasteiger charge is -2.34. The van der Waals surface area contributed by atoms with Crippen molar-refractivity contribution in [3.05, 3.63) is 0 Å². The molecule has 2 heterocycles. The number of carboxylic acid groups (broad SMARTS) is 1. The van der Waals surface area contributed by atoms with Crippen LogP contribution in [0, 0.1) is 11.8 Å². The summed E-state index contributed by atoms with van der Waals surface area (Å²) >= 11 is 0. The minimum atomic E-state index is -0.820. The van der Waals surface area contributed by atoms with E-state index in [0.717, 1.165) is 32.5 Å². The summed E-state index contributed by atoms with van der Waals surface area (Å²) in [6.45, 7) is 5.59. The van der Waals surface area contributed by atoms with Crippen molar-refractivity contribution in [3.8, 4) is 0 Å². The SMILES string of the molecule is CC1CC(C(=O)O)CN(C(=O)NCCCOC2CCOCC2)C1. The summed E-state index contributed by atoms with van der Waals surface area (Å²) < 4.78 is 11.0. The molecule has 0 bridgehead atoms. The number of amides is 2. The zero-order chi connectivity index (χ0) is 16.7. The van der Waals surface area contributed by atoms with E-state index >= 15 is 0 Å². The van der Waals surface area contributed by atoms with E-state index in [0.29, 0.717) is 32.7 Å². The van der Waals surface area contributed by atoms with Gasteiger partial charge in [-0.15, -0.1) is 0 Å². The topological polar surface area (TPSA) is 88.1 Å². The van der Waals surface area contributed by atoms with Crippen LogP contribution in [0.15, 0.2) is 0 Å². The quantitative estimate of drug-likeness (QED) is 0.718. The Morgan fingerprint density at radius 1 is 1.30 bits per heavy atom. The van der Waals surface area contributed by atoms with Crippen LogP contribution in [-0.4, -0.2) is 67.6 Å². The van der Waals surface area contributed by atoms with Crippen molar-refractivity contribution in [2.75, 3.05) is 39.5 Å². The van der Waals surface area contributed by atoms with Gasteiger partial charge in [-0.25, -0.2) is 4.79 Å². The van der Waals surface area contributed by atoms with Gasteiger partial charge in [0.15, 0.2) is 0 Å². The maximum absolute atomic E-state index is 12.1. The Morgan fingerprint density at radius 3 is 2.74 bits per heavy atom. The average molecular weight is 328 g/mol. The van der Waals surface area contributed by atoms with Gasteiger partial charge in [0, 0.05) is 39.5 Å². The number of likely N-dealkylation sites (tertiary alicyclic amines) is 1. The summed E-state index contributed by atoms with van der Waals surface area (Å²) in [5.74, 6) is -1.06. The molecular formula is C16H28N2O5. The van der Waals surface area contributed by atoms with Crippen LogP contribution in [0.5, 0.6) is 0 Å². The van der Waals surface area contributed by atoms with Crippen LogP contribution in [0.3, 0.4) is 0 Å². The van der Waals surface area contributed by atoms with Crippen molar-refractivity contribution >= 4 is 12.0 Å². The summed E-state index contributed by atoms with van der Waals surface area (Å²) in [6.07, 6.45) is 3.55. The van der Waals surface area contributed by atoms with Crippen LogP contribution in [0.4, 0.5) is 4.79 Å². The summed E-state index contributed by atoms with van der Waals surface area (Å²) in [7, 11) is 0. The first-order valence-electron chi connectivity index (χ1n) is 8.51. The van der Waals surface area contributed by atoms with E-state index in [1.807, 2.05) is 6.92 Å². The predicted molar refractivity (Wildman–Crippen MR) is 84.3 cm³/mol. The number of rotatable bonds is 6. The largest absolute Gasteiger partial charge is 0.481 e. The third-order valence-corrected chi connectivity index (χ3v) is 4.42. The number of ether oxygens (including phenoxy) is 2. The van der Waals surface area contributed by atoms with E-state index in [4.69, 9.17) is 14.6 Å². The third kappa shape index (κ3) is 5.99. The van der Waals surface area contributed by atoms with Crippen molar-refractivity contribution in [2.24, 2.45) is 11.8 Å². The standard InChI is InChI=1S/C16H28N2O5/c1-12-9-13(15(19)20)11-18(10-12)16(21)17-5-2-6-23-14-3-7-22-8-4-14/h12-14H,2-11H2,1H3,(H,17,21)(H,19,20). The van der Waals surface area contributed by atoms with E-state index in [9.17, 15) is 9.59 Å². The first kappa shape index (κ1) is 18.0. The molecular weight excluding hydrogens is 300 g/mol. The van der Waals surface area contributed by atoms with Gasteiger partial charge in [0.05, 0.1) is 12.0 Å². The number of hydrogen-bond acceptors (Lipinski definition) is 4. The number of carbonyl (C=O) groups is 2. The number of nitrogens with zero attached hydrogens (tertiary/aromatic N) is 1. The lowest BCUT2D eigenvalue weighted by Crippen LogP contribution is -2.49. The Labute approximate surface area is 137 Å². The molecule has 0 aliphatic carbocycles. The maximum Gasteiger partial charge on any atom is 0.317 e. The van der Waals surface area contributed by atoms with Crippen molar-refractivity contribution in [3.63, 3.8) is 0 Å². The summed E-state index contributed by atoms with van der Waals surface area (Å²) in [4.78, 5) is 24.9. The number of urea groups is 1. The first-order chi connectivity index (χ1) is 11.1. The molecule has 2 rings (SSSR count). The second-order valence-corrected chi connectivity index (χ2v) is 6.55. The Kier molecular flexibility index (Phi) is 7.11. The van der Waals surface area contributed by atoms with Gasteiger partial charge in [0.2, 0.25) is 0 Å². The predicted octanol–water partition coefficient (Wildman–Crippen LogP) is 1.32. The fraction of sp³-hybridized carbons (Fsp3) is 0.875. The van der Waals surface area contributed by atoms with E-state index in [1.165, 1.54) is 0 Å². The highest BCUT2D eigenvalue weighted by atomic mass is 16.5. The Balaban J connectivity index is 1.61. The molecule has 0 saturated carbocycles. The summed E-state index contributed by atoms with van der Waals surface area (Å²) in [6, 6.07) is -0.172. The molecule has 0 aromatic rings. The molecule has 23 heavy (non-hydrogen) atoms. The Morgan fingerprint density at radius 2 is 2.04 bits per heavy atom. The molecule has 7 nitrogen and oxygen atoms in total. The van der Waals surface area contributed by atoms with Crippen LogP contribution in [-0.2, 0) is 14.3 Å². The van der Waals surface area contributed by atoms with E-state index in [2.05, 4.69) is 5.32 Å². The molecule has 2 saturated heterocycles. The number of carbonyl (C=O) groups excluding carboxylic acids is 1. The van der Waals surface area contributed by atoms with Gasteiger partial charge in [0.1, 0.15) is 0 Å². The van der Waals surface area contributed by atoms with E-state index in [-0.39, 0.29) is 18.1 Å². The number of aliphatic carboxylic acids is 1. The van der Waals surface area contributed by atoms with Crippen molar-refractivity contribution in [1.82, 2.24) is 10.2 Å². The first-order valence-corrected chi connectivity index (χ1v) is 8.51. The highest BCUT2D eigenvalue weighted by Gasteiger charge is 2.31. The monoisotopic (exact) mass is 328 g/mol. The Hall–Kier alpha value is -1.34. The van der Waals surface area contributed by atoms with Gasteiger partial charge in [-0.05, 0) is 31.6 Å². The normalized spacial score (nSPS) is 26.0. The van der Waals surface area contributed by atoms with Crippen molar-refractivity contribution in [2.45, 2.75) is 38.7 Å². The second kappa shape index (κ2) is 9.08. The fourth-order valence-electron chi connectivity index (χ4n) is 3.17. The minimum Gasteiger partial charge on any atom is -0.481 e. The van der Waals surface area contributed by atoms with Crippen LogP contribution in [0.2, 0.25) is 0 Å². The van der Waals surface area contributed by atoms with Crippen LogP contribution in [0.25, 0.3) is 0 Å². The zero-order valence-corrected chi connectivity index (χ0v) is 13.8. The van der Waals surface area contributed by atoms with Gasteiger partial charge in [-0.3, -0.25) is 4.79 Å². The smallest absolute Gasteiger partial charge is 0.317 e. The molecule has 2 N–H and O–H groups in total. The molecule has 0 aromatic heterocycles. The maximum atomic E-state index is 12.1. The molecule has 7 heteroatoms. The van der Waals surface area contributed by atoms with Gasteiger partial charge in [-0.1, -0.05) is 6.92 Å². The van der Waals surface area contributed by atoms with Crippen molar-refractivity contribution < 1.29 is 24.2 Å². The second-order valence-electron chi connectivity index (χ2n) is 6.55. The number of hydrogen-bond donors (Lipinski definition) is 2. The fourth-order valence-corrected chi connectivity index (χ4v) is 3.17. The molecule has 0 spiro atoms. The van der Waals surface area contributed by atoms with Gasteiger partial charge < -0.3 is 24.8 Å². The van der Waals surface area contributed by atoms with Gasteiger partial charge in [0.25, 0.3) is 0 Å². The summed E-state index contributed by atoms with van der Waals surface area (Å²) in [5, 5.41) is 12.0. The molecule has 0 aromatic carbocycles. The highest BCUT2D eigenvalue weighted by molar-refractivity contribution is 5.76. The van der Waals surface area contributed by atoms with Crippen LogP contribution >= 0.6 is 0 Å². The van der Waals surface area contributed by atoms with Gasteiger partial charge in [-0.2, -0.15) is 0 Å². The number of piperidine rings is 1. The van der Waals surface area contributed by atoms with Crippen LogP contribution in [0.1, 0.15) is 32.6 Å². The lowest BCUT2D eigenvalue weighted by atomic mass is 9.91. The Bertz CT molecular complexity index is 398. The van der Waals surface area contributed by atoms with Gasteiger partial charge >= 0.3 is 12.0 Å². The molecule has 2 amide bonds. The van der Waals surface area contributed by atoms with E-state index in [1.54, 1.807) is 4.90 Å². The lowest BCUT2D eigenvalue weighted by molar-refractivity contribution is -0.143. The van der Waals surface area contributed by atoms with Crippen molar-refractivity contribution in [1.29, 1.82) is 0 Å². The molecule has 0 radical (unpaired) electrons.